The van der Waals surface area contributed by atoms with Crippen molar-refractivity contribution in [3.05, 3.63) is 143 Å². The van der Waals surface area contributed by atoms with Gasteiger partial charge in [-0.1, -0.05) is 72.8 Å². The van der Waals surface area contributed by atoms with Gasteiger partial charge in [0.25, 0.3) is 0 Å². The Morgan fingerprint density at radius 2 is 1.36 bits per heavy atom. The zero-order valence-electron chi connectivity index (χ0n) is 23.5. The predicted octanol–water partition coefficient (Wildman–Crippen LogP) is 6.86. The lowest BCUT2D eigenvalue weighted by atomic mass is 9.92. The third kappa shape index (κ3) is 8.53. The third-order valence-electron chi connectivity index (χ3n) is 7.08. The van der Waals surface area contributed by atoms with Crippen molar-refractivity contribution < 1.29 is 41.8 Å². The number of halogens is 4. The second-order valence-electron chi connectivity index (χ2n) is 10.2. The number of nitrogens with zero attached hydrogens (tertiary/aromatic N) is 1. The number of carboxylic acid groups (broad SMARTS) is 1. The molecule has 0 bridgehead atoms. The smallest absolute Gasteiger partial charge is 0.416 e. The number of aryl methyl sites for hydroxylation is 1. The van der Waals surface area contributed by atoms with Crippen LogP contribution in [-0.4, -0.2) is 40.6 Å². The largest absolute Gasteiger partial charge is 0.481 e. The van der Waals surface area contributed by atoms with Gasteiger partial charge in [-0.2, -0.15) is 0 Å². The first-order valence-corrected chi connectivity index (χ1v) is 13.8. The van der Waals surface area contributed by atoms with Crippen LogP contribution in [0, 0.1) is 23.3 Å². The molecule has 6 nitrogen and oxygen atoms in total. The third-order valence-corrected chi connectivity index (χ3v) is 7.08. The van der Waals surface area contributed by atoms with Crippen LogP contribution in [0.2, 0.25) is 0 Å². The number of benzene rings is 4. The van der Waals surface area contributed by atoms with Gasteiger partial charge in [-0.05, 0) is 65.8 Å². The molecular weight excluding hydrogens is 578 g/mol. The molecular formula is C34H29F4NO5. The van der Waals surface area contributed by atoms with Gasteiger partial charge in [-0.25, -0.2) is 27.3 Å². The van der Waals surface area contributed by atoms with Crippen molar-refractivity contribution in [3.8, 4) is 0 Å². The molecule has 0 aromatic heterocycles. The SMILES string of the molecule is O=C(CCc1ccc(F)c(F)c1)N1C(=O)OC[C@H]1Cc1ccccc1.O=C(O)C(Cc1ccccc1)c1ccc(F)c(F)c1. The molecule has 0 saturated carbocycles. The van der Waals surface area contributed by atoms with Gasteiger partial charge >= 0.3 is 12.1 Å². The number of carbonyl (C=O) groups excluding carboxylic acids is 2. The fourth-order valence-corrected chi connectivity index (χ4v) is 4.80. The minimum atomic E-state index is -1.06. The monoisotopic (exact) mass is 607 g/mol. The number of rotatable bonds is 9. The minimum Gasteiger partial charge on any atom is -0.481 e. The molecule has 4 aromatic carbocycles. The molecule has 2 amide bonds. The van der Waals surface area contributed by atoms with E-state index in [2.05, 4.69) is 0 Å². The van der Waals surface area contributed by atoms with Crippen molar-refractivity contribution in [1.82, 2.24) is 4.90 Å². The molecule has 0 aliphatic carbocycles. The first-order chi connectivity index (χ1) is 21.1. The number of hydrogen-bond donors (Lipinski definition) is 1. The Labute approximate surface area is 251 Å². The average molecular weight is 608 g/mol. The number of hydrogen-bond acceptors (Lipinski definition) is 4. The summed E-state index contributed by atoms with van der Waals surface area (Å²) >= 11 is 0. The summed E-state index contributed by atoms with van der Waals surface area (Å²) in [5, 5.41) is 9.23. The van der Waals surface area contributed by atoms with Gasteiger partial charge in [0.05, 0.1) is 12.0 Å². The Morgan fingerprint density at radius 3 is 1.95 bits per heavy atom. The minimum absolute atomic E-state index is 0.0193. The van der Waals surface area contributed by atoms with Gasteiger partial charge in [0, 0.05) is 6.42 Å². The first kappa shape index (κ1) is 31.9. The normalized spacial score (nSPS) is 14.8. The summed E-state index contributed by atoms with van der Waals surface area (Å²) in [6.07, 6.45) is 0.338. The van der Waals surface area contributed by atoms with E-state index in [1.807, 2.05) is 36.4 Å². The van der Waals surface area contributed by atoms with Crippen LogP contribution < -0.4 is 0 Å². The molecule has 0 spiro atoms. The van der Waals surface area contributed by atoms with Crippen LogP contribution in [0.25, 0.3) is 0 Å². The number of aliphatic carboxylic acids is 1. The Morgan fingerprint density at radius 1 is 0.773 bits per heavy atom. The number of cyclic esters (lactones) is 1. The van der Waals surface area contributed by atoms with E-state index in [1.54, 1.807) is 24.3 Å². The maximum atomic E-state index is 13.2. The van der Waals surface area contributed by atoms with Crippen LogP contribution in [0.3, 0.4) is 0 Å². The average Bonchev–Trinajstić information content (AvgIpc) is 3.38. The highest BCUT2D eigenvalue weighted by atomic mass is 19.2. The van der Waals surface area contributed by atoms with Crippen molar-refractivity contribution >= 4 is 18.0 Å². The van der Waals surface area contributed by atoms with E-state index >= 15 is 0 Å². The highest BCUT2D eigenvalue weighted by molar-refractivity contribution is 5.93. The molecule has 1 aliphatic rings. The van der Waals surface area contributed by atoms with E-state index in [0.29, 0.717) is 12.0 Å². The van der Waals surface area contributed by atoms with Gasteiger partial charge < -0.3 is 9.84 Å². The van der Waals surface area contributed by atoms with Crippen LogP contribution in [-0.2, 0) is 33.6 Å². The number of carboxylic acids is 1. The van der Waals surface area contributed by atoms with Crippen LogP contribution in [0.5, 0.6) is 0 Å². The topological polar surface area (TPSA) is 83.9 Å². The second-order valence-corrected chi connectivity index (χ2v) is 10.2. The van der Waals surface area contributed by atoms with E-state index in [4.69, 9.17) is 4.74 Å². The van der Waals surface area contributed by atoms with E-state index in [9.17, 15) is 37.1 Å². The number of carbonyl (C=O) groups is 3. The maximum absolute atomic E-state index is 13.2. The van der Waals surface area contributed by atoms with Crippen LogP contribution in [0.1, 0.15) is 34.6 Å². The molecule has 5 rings (SSSR count). The van der Waals surface area contributed by atoms with E-state index in [-0.39, 0.29) is 43.4 Å². The van der Waals surface area contributed by atoms with Crippen LogP contribution in [0.4, 0.5) is 22.4 Å². The standard InChI is InChI=1S/C19H17F2NO3.C15H12F2O2/c20-16-8-6-14(11-17(16)21)7-9-18(23)22-15(12-25-19(22)24)10-13-4-2-1-3-5-13;16-13-7-6-11(9-14(13)17)12(15(18)19)8-10-4-2-1-3-5-10/h1-6,8,11,15H,7,9-10,12H2;1-7,9,12H,8H2,(H,18,19)/t15-;/m1./s1. The fourth-order valence-electron chi connectivity index (χ4n) is 4.80. The summed E-state index contributed by atoms with van der Waals surface area (Å²) in [7, 11) is 0. The zero-order valence-corrected chi connectivity index (χ0v) is 23.5. The summed E-state index contributed by atoms with van der Waals surface area (Å²) in [5.41, 5.74) is 2.60. The van der Waals surface area contributed by atoms with E-state index in [1.165, 1.54) is 12.1 Å². The molecule has 44 heavy (non-hydrogen) atoms. The van der Waals surface area contributed by atoms with Crippen molar-refractivity contribution in [3.63, 3.8) is 0 Å². The van der Waals surface area contributed by atoms with Crippen molar-refractivity contribution in [1.29, 1.82) is 0 Å². The first-order valence-electron chi connectivity index (χ1n) is 13.8. The molecule has 4 aromatic rings. The Kier molecular flexibility index (Phi) is 10.9. The highest BCUT2D eigenvalue weighted by Gasteiger charge is 2.37. The van der Waals surface area contributed by atoms with Crippen LogP contribution >= 0.6 is 0 Å². The molecule has 1 aliphatic heterocycles. The van der Waals surface area contributed by atoms with Gasteiger partial charge in [-0.15, -0.1) is 0 Å². The van der Waals surface area contributed by atoms with E-state index in [0.717, 1.165) is 40.3 Å². The Hall–Kier alpha value is -4.99. The molecule has 0 radical (unpaired) electrons. The molecule has 2 atom stereocenters. The lowest BCUT2D eigenvalue weighted by Crippen LogP contribution is -2.40. The zero-order chi connectivity index (χ0) is 31.6. The maximum Gasteiger partial charge on any atom is 0.416 e. The lowest BCUT2D eigenvalue weighted by Gasteiger charge is -2.19. The van der Waals surface area contributed by atoms with Gasteiger partial charge in [0.15, 0.2) is 23.3 Å². The lowest BCUT2D eigenvalue weighted by molar-refractivity contribution is -0.138. The summed E-state index contributed by atoms with van der Waals surface area (Å²) in [5.74, 6) is -6.22. The highest BCUT2D eigenvalue weighted by Crippen LogP contribution is 2.23. The van der Waals surface area contributed by atoms with Crippen LogP contribution in [0.15, 0.2) is 97.1 Å². The number of amides is 2. The molecule has 1 saturated heterocycles. The summed E-state index contributed by atoms with van der Waals surface area (Å²) in [6.45, 7) is 0.157. The fraction of sp³-hybridized carbons (Fsp3) is 0.206. The number of ether oxygens (including phenoxy) is 1. The Bertz CT molecular complexity index is 1600. The number of imide groups is 1. The molecule has 10 heteroatoms. The van der Waals surface area contributed by atoms with Crippen molar-refractivity contribution in [2.24, 2.45) is 0 Å². The van der Waals surface area contributed by atoms with Gasteiger partial charge in [-0.3, -0.25) is 9.59 Å². The van der Waals surface area contributed by atoms with Crippen molar-refractivity contribution in [2.45, 2.75) is 37.6 Å². The molecule has 1 fully saturated rings. The Balaban J connectivity index is 0.000000209. The quantitative estimate of drug-likeness (QED) is 0.210. The summed E-state index contributed by atoms with van der Waals surface area (Å²) in [6, 6.07) is 24.9. The van der Waals surface area contributed by atoms with E-state index < -0.39 is 41.2 Å². The molecule has 1 heterocycles. The summed E-state index contributed by atoms with van der Waals surface area (Å²) in [4.78, 5) is 36.8. The predicted molar refractivity (Wildman–Crippen MR) is 154 cm³/mol. The van der Waals surface area contributed by atoms with Gasteiger partial charge in [0.1, 0.15) is 6.61 Å². The van der Waals surface area contributed by atoms with Crippen molar-refractivity contribution in [2.75, 3.05) is 6.61 Å². The second kappa shape index (κ2) is 15.0. The molecule has 1 unspecified atom stereocenters. The van der Waals surface area contributed by atoms with Gasteiger partial charge in [0.2, 0.25) is 5.91 Å². The molecule has 1 N–H and O–H groups in total. The molecule has 228 valence electrons. The summed E-state index contributed by atoms with van der Waals surface area (Å²) < 4.78 is 57.2.